The van der Waals surface area contributed by atoms with E-state index < -0.39 is 17.2 Å². The van der Waals surface area contributed by atoms with Crippen LogP contribution < -0.4 is 18.1 Å². The molecule has 6 nitrogen and oxygen atoms in total. The summed E-state index contributed by atoms with van der Waals surface area (Å²) in [4.78, 5) is 0. The van der Waals surface area contributed by atoms with Crippen LogP contribution in [0.1, 0.15) is 44.5 Å². The average Bonchev–Trinajstić information content (AvgIpc) is 3.06. The van der Waals surface area contributed by atoms with Crippen molar-refractivity contribution >= 4 is 38.7 Å². The van der Waals surface area contributed by atoms with Crippen molar-refractivity contribution in [2.75, 3.05) is 14.2 Å². The van der Waals surface area contributed by atoms with E-state index in [9.17, 15) is 0 Å². The van der Waals surface area contributed by atoms with Gasteiger partial charge in [0.25, 0.3) is 0 Å². The zero-order chi connectivity index (χ0) is 33.4. The quantitative estimate of drug-likeness (QED) is 0.170. The van der Waals surface area contributed by atoms with Crippen molar-refractivity contribution in [1.29, 1.82) is 0 Å². The zero-order valence-electron chi connectivity index (χ0n) is 28.0. The largest absolute Gasteiger partial charge is 0.462 e. The van der Waals surface area contributed by atoms with Crippen molar-refractivity contribution in [3.63, 3.8) is 0 Å². The van der Waals surface area contributed by atoms with Gasteiger partial charge in [0.1, 0.15) is 23.0 Å². The van der Waals surface area contributed by atoms with Gasteiger partial charge in [0.05, 0.1) is 0 Å². The van der Waals surface area contributed by atoms with Crippen molar-refractivity contribution in [2.45, 2.75) is 40.5 Å². The molecule has 0 amide bonds. The van der Waals surface area contributed by atoms with Crippen molar-refractivity contribution < 1.29 is 27.1 Å². The highest BCUT2D eigenvalue weighted by molar-refractivity contribution is 7.42. The highest BCUT2D eigenvalue weighted by atomic mass is 31.2. The van der Waals surface area contributed by atoms with E-state index in [4.69, 9.17) is 27.1 Å². The smallest absolute Gasteiger partial charge is 0.417 e. The highest BCUT2D eigenvalue weighted by Crippen LogP contribution is 2.50. The van der Waals surface area contributed by atoms with Gasteiger partial charge >= 0.3 is 17.2 Å². The second-order valence-corrected chi connectivity index (χ2v) is 14.6. The predicted molar refractivity (Wildman–Crippen MR) is 196 cm³/mol. The molecule has 0 bridgehead atoms. The Labute approximate surface area is 284 Å². The molecule has 0 atom stereocenters. The lowest BCUT2D eigenvalue weighted by Gasteiger charge is -2.25. The molecule has 0 fully saturated rings. The van der Waals surface area contributed by atoms with Crippen LogP contribution in [0.15, 0.2) is 97.1 Å². The molecule has 2 aliphatic rings. The first-order valence-electron chi connectivity index (χ1n) is 15.9. The lowest BCUT2D eigenvalue weighted by Crippen LogP contribution is -2.08. The monoisotopic (exact) mass is 676 g/mol. The normalized spacial score (nSPS) is 14.1. The van der Waals surface area contributed by atoms with Crippen LogP contribution >= 0.6 is 17.2 Å². The molecule has 8 heteroatoms. The minimum absolute atomic E-state index is 0.750. The SMILES string of the molecule is COP1Oc2c(C)cc(C)cc2Cc2cc(C)cc(C)c2O1.COP1Oc2ccc3ccccc3c2Cc2c(ccc3ccccc23)O1. The van der Waals surface area contributed by atoms with Crippen LogP contribution in [0.25, 0.3) is 21.5 Å². The molecule has 0 N–H and O–H groups in total. The van der Waals surface area contributed by atoms with Crippen LogP contribution in [0, 0.1) is 27.7 Å². The topological polar surface area (TPSA) is 55.4 Å². The van der Waals surface area contributed by atoms with Gasteiger partial charge in [0.15, 0.2) is 0 Å². The van der Waals surface area contributed by atoms with Crippen LogP contribution in [0.2, 0.25) is 0 Å². The summed E-state index contributed by atoms with van der Waals surface area (Å²) in [6.07, 6.45) is 1.56. The minimum Gasteiger partial charge on any atom is -0.417 e. The molecule has 0 saturated carbocycles. The molecular formula is C40H38O6P2. The van der Waals surface area contributed by atoms with E-state index in [2.05, 4.69) is 113 Å². The minimum atomic E-state index is -1.50. The predicted octanol–water partition coefficient (Wildman–Crippen LogP) is 11.4. The molecule has 0 saturated heterocycles. The number of aryl methyl sites for hydroxylation is 4. The number of rotatable bonds is 2. The molecule has 6 aromatic rings. The molecule has 0 radical (unpaired) electrons. The zero-order valence-corrected chi connectivity index (χ0v) is 29.8. The van der Waals surface area contributed by atoms with Crippen molar-refractivity contribution in [3.05, 3.63) is 142 Å². The van der Waals surface area contributed by atoms with E-state index in [1.165, 1.54) is 54.9 Å². The van der Waals surface area contributed by atoms with Gasteiger partial charge in [-0.05, 0) is 83.6 Å². The third-order valence-corrected chi connectivity index (χ3v) is 10.6. The second-order valence-electron chi connectivity index (χ2n) is 12.2. The molecule has 2 heterocycles. The summed E-state index contributed by atoms with van der Waals surface area (Å²) < 4.78 is 35.2. The molecule has 0 aliphatic carbocycles. The Morgan fingerprint density at radius 1 is 0.500 bits per heavy atom. The molecule has 244 valence electrons. The molecule has 48 heavy (non-hydrogen) atoms. The van der Waals surface area contributed by atoms with Gasteiger partial charge in [-0.15, -0.1) is 0 Å². The van der Waals surface area contributed by atoms with Gasteiger partial charge in [-0.1, -0.05) is 96.1 Å². The third kappa shape index (κ3) is 6.46. The molecule has 0 spiro atoms. The Balaban J connectivity index is 0.000000154. The highest BCUT2D eigenvalue weighted by Gasteiger charge is 2.27. The summed E-state index contributed by atoms with van der Waals surface area (Å²) >= 11 is 0. The maximum atomic E-state index is 6.08. The fourth-order valence-corrected chi connectivity index (χ4v) is 8.51. The molecular weight excluding hydrogens is 638 g/mol. The Bertz CT molecular complexity index is 2000. The standard InChI is InChI=1S/C22H17O3P.C18H21O3P/c1-23-26-24-21-12-10-15-6-2-4-8-17(15)19(21)14-20-18-9-5-3-7-16(18)11-13-22(20)25-26;1-11-6-13(3)17-15(8-11)10-16-9-12(2)7-14(4)18(16)21-22(19-5)20-17/h2-13H,14H2,1H3;6-9H,10H2,1-5H3. The molecule has 8 rings (SSSR count). The van der Waals surface area contributed by atoms with Gasteiger partial charge in [-0.2, -0.15) is 0 Å². The first-order chi connectivity index (χ1) is 23.3. The molecule has 6 aromatic carbocycles. The van der Waals surface area contributed by atoms with Crippen LogP contribution in [-0.4, -0.2) is 14.2 Å². The number of fused-ring (bicyclic) bond motifs is 8. The number of hydrogen-bond acceptors (Lipinski definition) is 6. The summed E-state index contributed by atoms with van der Waals surface area (Å²) in [7, 11) is 0.309. The Kier molecular flexibility index (Phi) is 9.27. The van der Waals surface area contributed by atoms with Crippen LogP contribution in [-0.2, 0) is 21.9 Å². The Hall–Kier alpha value is -4.18. The molecule has 2 aliphatic heterocycles. The maximum Gasteiger partial charge on any atom is 0.462 e. The van der Waals surface area contributed by atoms with Crippen LogP contribution in [0.5, 0.6) is 23.0 Å². The van der Waals surface area contributed by atoms with Crippen LogP contribution in [0.4, 0.5) is 0 Å². The summed E-state index contributed by atoms with van der Waals surface area (Å²) in [6.45, 7) is 8.37. The Morgan fingerprint density at radius 3 is 1.40 bits per heavy atom. The lowest BCUT2D eigenvalue weighted by molar-refractivity contribution is 0.317. The lowest BCUT2D eigenvalue weighted by atomic mass is 9.93. The number of hydrogen-bond donors (Lipinski definition) is 0. The van der Waals surface area contributed by atoms with Gasteiger partial charge in [0, 0.05) is 38.2 Å². The van der Waals surface area contributed by atoms with Gasteiger partial charge in [-0.25, -0.2) is 0 Å². The average molecular weight is 677 g/mol. The summed E-state index contributed by atoms with van der Waals surface area (Å²) in [6, 6.07) is 33.7. The van der Waals surface area contributed by atoms with Crippen molar-refractivity contribution in [1.82, 2.24) is 0 Å². The first kappa shape index (κ1) is 32.4. The summed E-state index contributed by atoms with van der Waals surface area (Å²) in [5.41, 5.74) is 9.46. The van der Waals surface area contributed by atoms with Crippen molar-refractivity contribution in [2.24, 2.45) is 0 Å². The molecule has 0 unspecified atom stereocenters. The van der Waals surface area contributed by atoms with E-state index in [1.807, 2.05) is 12.1 Å². The summed E-state index contributed by atoms with van der Waals surface area (Å²) in [5, 5.41) is 4.83. The van der Waals surface area contributed by atoms with E-state index >= 15 is 0 Å². The third-order valence-electron chi connectivity index (χ3n) is 8.70. The fraction of sp³-hybridized carbons (Fsp3) is 0.200. The first-order valence-corrected chi connectivity index (χ1v) is 18.1. The van der Waals surface area contributed by atoms with Crippen molar-refractivity contribution in [3.8, 4) is 23.0 Å². The second kappa shape index (κ2) is 13.7. The van der Waals surface area contributed by atoms with Gasteiger partial charge in [0.2, 0.25) is 0 Å². The van der Waals surface area contributed by atoms with E-state index in [0.717, 1.165) is 47.0 Å². The van der Waals surface area contributed by atoms with E-state index in [-0.39, 0.29) is 0 Å². The maximum absolute atomic E-state index is 6.08. The number of benzene rings is 6. The van der Waals surface area contributed by atoms with Gasteiger partial charge < -0.3 is 18.1 Å². The van der Waals surface area contributed by atoms with Crippen LogP contribution in [0.3, 0.4) is 0 Å². The van der Waals surface area contributed by atoms with E-state index in [0.29, 0.717) is 0 Å². The molecule has 0 aromatic heterocycles. The Morgan fingerprint density at radius 2 is 0.938 bits per heavy atom. The van der Waals surface area contributed by atoms with Gasteiger partial charge in [-0.3, -0.25) is 9.05 Å². The van der Waals surface area contributed by atoms with E-state index in [1.54, 1.807) is 14.2 Å². The summed E-state index contributed by atoms with van der Waals surface area (Å²) in [5.74, 6) is 3.44. The fourth-order valence-electron chi connectivity index (χ4n) is 6.65.